The second-order valence-corrected chi connectivity index (χ2v) is 6.18. The van der Waals surface area contributed by atoms with Gasteiger partial charge in [-0.2, -0.15) is 0 Å². The lowest BCUT2D eigenvalue weighted by Crippen LogP contribution is -2.42. The Balaban J connectivity index is 2.21. The van der Waals surface area contributed by atoms with Gasteiger partial charge in [0.05, 0.1) is 0 Å². The highest BCUT2D eigenvalue weighted by Crippen LogP contribution is 2.44. The molecule has 0 aromatic carbocycles. The molecule has 0 aromatic heterocycles. The van der Waals surface area contributed by atoms with Gasteiger partial charge in [0.25, 0.3) is 0 Å². The molecule has 90 valence electrons. The summed E-state index contributed by atoms with van der Waals surface area (Å²) in [5.41, 5.74) is 0.680. The lowest BCUT2D eigenvalue weighted by molar-refractivity contribution is 0.108. The molecule has 0 aromatic rings. The highest BCUT2D eigenvalue weighted by molar-refractivity contribution is 4.89. The first-order valence-corrected chi connectivity index (χ1v) is 6.77. The van der Waals surface area contributed by atoms with E-state index in [0.717, 1.165) is 5.92 Å². The van der Waals surface area contributed by atoms with Crippen LogP contribution in [0.4, 0.5) is 0 Å². The monoisotopic (exact) mass is 211 g/mol. The maximum atomic E-state index is 3.63. The van der Waals surface area contributed by atoms with Gasteiger partial charge < -0.3 is 5.32 Å². The molecule has 1 N–H and O–H groups in total. The molecule has 0 spiro atoms. The number of nitrogens with one attached hydrogen (secondary N) is 1. The summed E-state index contributed by atoms with van der Waals surface area (Å²) in [5.74, 6) is 0.875. The molecule has 0 bridgehead atoms. The van der Waals surface area contributed by atoms with Crippen molar-refractivity contribution in [2.45, 2.75) is 72.3 Å². The minimum atomic E-state index is 0.646. The molecule has 1 aliphatic rings. The maximum Gasteiger partial charge on any atom is 0.00106 e. The average Bonchev–Trinajstić information content (AvgIpc) is 2.07. The molecule has 0 amide bonds. The Morgan fingerprint density at radius 2 is 1.80 bits per heavy atom. The van der Waals surface area contributed by atoms with Crippen LogP contribution in [0.5, 0.6) is 0 Å². The highest BCUT2D eigenvalue weighted by atomic mass is 14.9. The van der Waals surface area contributed by atoms with E-state index in [-0.39, 0.29) is 0 Å². The maximum absolute atomic E-state index is 3.63. The van der Waals surface area contributed by atoms with E-state index in [2.05, 4.69) is 33.0 Å². The third kappa shape index (κ3) is 4.55. The summed E-state index contributed by atoms with van der Waals surface area (Å²) in [6.07, 6.45) is 8.67. The van der Waals surface area contributed by atoms with Gasteiger partial charge >= 0.3 is 0 Å². The Morgan fingerprint density at radius 1 is 1.13 bits per heavy atom. The second kappa shape index (κ2) is 5.89. The van der Waals surface area contributed by atoms with Crippen LogP contribution in [0, 0.1) is 11.3 Å². The molecule has 0 atom stereocenters. The fourth-order valence-electron chi connectivity index (χ4n) is 2.50. The fraction of sp³-hybridized carbons (Fsp3) is 1.00. The van der Waals surface area contributed by atoms with Gasteiger partial charge in [0.2, 0.25) is 0 Å². The zero-order valence-corrected chi connectivity index (χ0v) is 11.1. The van der Waals surface area contributed by atoms with Crippen LogP contribution in [-0.2, 0) is 0 Å². The summed E-state index contributed by atoms with van der Waals surface area (Å²) >= 11 is 0. The predicted octanol–water partition coefficient (Wildman–Crippen LogP) is 3.98. The molecule has 15 heavy (non-hydrogen) atoms. The standard InChI is InChI=1S/C14H29N/c1-12(2)7-5-8-14(9-6-10-14)11-15-13(3)4/h12-13,15H,5-11H2,1-4H3. The van der Waals surface area contributed by atoms with Crippen molar-refractivity contribution in [1.29, 1.82) is 0 Å². The molecule has 1 heteroatoms. The fourth-order valence-corrected chi connectivity index (χ4v) is 2.50. The van der Waals surface area contributed by atoms with Crippen LogP contribution < -0.4 is 5.32 Å². The molecule has 0 aliphatic heterocycles. The Morgan fingerprint density at radius 3 is 2.20 bits per heavy atom. The lowest BCUT2D eigenvalue weighted by atomic mass is 9.65. The zero-order chi connectivity index (χ0) is 11.3. The molecule has 1 nitrogen and oxygen atoms in total. The van der Waals surface area contributed by atoms with Crippen molar-refractivity contribution in [3.63, 3.8) is 0 Å². The second-order valence-electron chi connectivity index (χ2n) is 6.18. The first kappa shape index (κ1) is 13.0. The van der Waals surface area contributed by atoms with E-state index >= 15 is 0 Å². The quantitative estimate of drug-likeness (QED) is 0.671. The van der Waals surface area contributed by atoms with Crippen LogP contribution in [0.15, 0.2) is 0 Å². The van der Waals surface area contributed by atoms with E-state index in [4.69, 9.17) is 0 Å². The topological polar surface area (TPSA) is 12.0 Å². The third-order valence-corrected chi connectivity index (χ3v) is 3.79. The first-order chi connectivity index (χ1) is 7.04. The van der Waals surface area contributed by atoms with Gasteiger partial charge in [-0.15, -0.1) is 0 Å². The van der Waals surface area contributed by atoms with Crippen LogP contribution in [0.25, 0.3) is 0 Å². The lowest BCUT2D eigenvalue weighted by Gasteiger charge is -2.43. The Kier molecular flexibility index (Phi) is 5.11. The highest BCUT2D eigenvalue weighted by Gasteiger charge is 2.35. The molecular formula is C14H29N. The normalized spacial score (nSPS) is 19.6. The number of rotatable bonds is 7. The average molecular weight is 211 g/mol. The largest absolute Gasteiger partial charge is 0.314 e. The van der Waals surface area contributed by atoms with Gasteiger partial charge in [-0.25, -0.2) is 0 Å². The Labute approximate surface area is 96.0 Å². The SMILES string of the molecule is CC(C)CCCC1(CNC(C)C)CCC1. The molecule has 0 unspecified atom stereocenters. The van der Waals surface area contributed by atoms with Crippen LogP contribution in [0.1, 0.15) is 66.2 Å². The van der Waals surface area contributed by atoms with Crippen molar-refractivity contribution >= 4 is 0 Å². The summed E-state index contributed by atoms with van der Waals surface area (Å²) in [4.78, 5) is 0. The first-order valence-electron chi connectivity index (χ1n) is 6.77. The van der Waals surface area contributed by atoms with Gasteiger partial charge in [0.15, 0.2) is 0 Å². The van der Waals surface area contributed by atoms with Gasteiger partial charge in [0.1, 0.15) is 0 Å². The number of hydrogen-bond acceptors (Lipinski definition) is 1. The van der Waals surface area contributed by atoms with Crippen molar-refractivity contribution in [1.82, 2.24) is 5.32 Å². The number of hydrogen-bond donors (Lipinski definition) is 1. The van der Waals surface area contributed by atoms with Crippen LogP contribution in [-0.4, -0.2) is 12.6 Å². The van der Waals surface area contributed by atoms with Crippen molar-refractivity contribution in [3.05, 3.63) is 0 Å². The van der Waals surface area contributed by atoms with Gasteiger partial charge in [-0.3, -0.25) is 0 Å². The molecule has 1 saturated carbocycles. The van der Waals surface area contributed by atoms with Crippen molar-refractivity contribution in [3.8, 4) is 0 Å². The van der Waals surface area contributed by atoms with E-state index in [1.54, 1.807) is 0 Å². The molecule has 0 saturated heterocycles. The summed E-state index contributed by atoms with van der Waals surface area (Å²) in [6, 6.07) is 0.646. The van der Waals surface area contributed by atoms with E-state index < -0.39 is 0 Å². The van der Waals surface area contributed by atoms with Crippen LogP contribution in [0.3, 0.4) is 0 Å². The van der Waals surface area contributed by atoms with Gasteiger partial charge in [-0.1, -0.05) is 47.0 Å². The molecule has 1 aliphatic carbocycles. The van der Waals surface area contributed by atoms with Gasteiger partial charge in [-0.05, 0) is 30.6 Å². The minimum Gasteiger partial charge on any atom is -0.314 e. The van der Waals surface area contributed by atoms with Crippen molar-refractivity contribution < 1.29 is 0 Å². The van der Waals surface area contributed by atoms with E-state index in [0.29, 0.717) is 11.5 Å². The molecular weight excluding hydrogens is 182 g/mol. The van der Waals surface area contributed by atoms with Crippen LogP contribution in [0.2, 0.25) is 0 Å². The Bertz CT molecular complexity index is 168. The third-order valence-electron chi connectivity index (χ3n) is 3.79. The van der Waals surface area contributed by atoms with Crippen molar-refractivity contribution in [2.75, 3.05) is 6.54 Å². The summed E-state index contributed by atoms with van der Waals surface area (Å²) < 4.78 is 0. The molecule has 0 radical (unpaired) electrons. The van der Waals surface area contributed by atoms with E-state index in [1.165, 1.54) is 45.1 Å². The van der Waals surface area contributed by atoms with Gasteiger partial charge in [0, 0.05) is 12.6 Å². The smallest absolute Gasteiger partial charge is 0.00106 e. The summed E-state index contributed by atoms with van der Waals surface area (Å²) in [5, 5.41) is 3.63. The molecule has 1 rings (SSSR count). The molecule has 1 fully saturated rings. The molecule has 0 heterocycles. The van der Waals surface area contributed by atoms with Crippen LogP contribution >= 0.6 is 0 Å². The Hall–Kier alpha value is -0.0400. The predicted molar refractivity (Wildman–Crippen MR) is 68.1 cm³/mol. The minimum absolute atomic E-state index is 0.646. The van der Waals surface area contributed by atoms with E-state index in [1.807, 2.05) is 0 Å². The summed E-state index contributed by atoms with van der Waals surface area (Å²) in [6.45, 7) is 10.4. The zero-order valence-electron chi connectivity index (χ0n) is 11.1. The van der Waals surface area contributed by atoms with E-state index in [9.17, 15) is 0 Å². The summed E-state index contributed by atoms with van der Waals surface area (Å²) in [7, 11) is 0. The van der Waals surface area contributed by atoms with Crippen molar-refractivity contribution in [2.24, 2.45) is 11.3 Å².